The number of rotatable bonds is 4. The second-order valence-electron chi connectivity index (χ2n) is 7.17. The minimum atomic E-state index is -1.25. The molecule has 0 bridgehead atoms. The minimum Gasteiger partial charge on any atom is -0.341 e. The third-order valence-corrected chi connectivity index (χ3v) is 5.35. The zero-order valence-electron chi connectivity index (χ0n) is 15.1. The summed E-state index contributed by atoms with van der Waals surface area (Å²) in [4.78, 5) is 40.7. The second kappa shape index (κ2) is 7.05. The lowest BCUT2D eigenvalue weighted by atomic mass is 9.87. The summed E-state index contributed by atoms with van der Waals surface area (Å²) >= 11 is 0. The van der Waals surface area contributed by atoms with Crippen LogP contribution in [-0.4, -0.2) is 47.3 Å². The van der Waals surface area contributed by atoms with Crippen molar-refractivity contribution < 1.29 is 18.8 Å². The van der Waals surface area contributed by atoms with Crippen molar-refractivity contribution in [3.63, 3.8) is 0 Å². The highest BCUT2D eigenvalue weighted by atomic mass is 19.1. The zero-order valence-corrected chi connectivity index (χ0v) is 15.1. The van der Waals surface area contributed by atoms with Gasteiger partial charge in [0.15, 0.2) is 0 Å². The van der Waals surface area contributed by atoms with Gasteiger partial charge in [0.25, 0.3) is 5.91 Å². The van der Waals surface area contributed by atoms with E-state index in [1.165, 1.54) is 24.3 Å². The zero-order chi connectivity index (χ0) is 18.9. The van der Waals surface area contributed by atoms with E-state index < -0.39 is 23.3 Å². The van der Waals surface area contributed by atoms with Gasteiger partial charge in [0.2, 0.25) is 5.91 Å². The average Bonchev–Trinajstić information content (AvgIpc) is 2.87. The molecule has 0 radical (unpaired) electrons. The van der Waals surface area contributed by atoms with Gasteiger partial charge in [0, 0.05) is 13.1 Å². The molecule has 0 unspecified atom stereocenters. The highest BCUT2D eigenvalue weighted by Crippen LogP contribution is 2.32. The maximum atomic E-state index is 13.2. The van der Waals surface area contributed by atoms with Gasteiger partial charge in [0.1, 0.15) is 17.9 Å². The van der Waals surface area contributed by atoms with E-state index in [1.54, 1.807) is 11.8 Å². The first-order valence-corrected chi connectivity index (χ1v) is 9.05. The van der Waals surface area contributed by atoms with Crippen molar-refractivity contribution in [2.75, 3.05) is 19.6 Å². The molecule has 26 heavy (non-hydrogen) atoms. The fraction of sp³-hybridized carbons (Fsp3) is 0.526. The number of amides is 4. The van der Waals surface area contributed by atoms with E-state index in [0.29, 0.717) is 31.0 Å². The van der Waals surface area contributed by atoms with Gasteiger partial charge < -0.3 is 10.2 Å². The van der Waals surface area contributed by atoms with Crippen LogP contribution in [-0.2, 0) is 15.1 Å². The Morgan fingerprint density at radius 1 is 1.31 bits per heavy atom. The molecule has 3 rings (SSSR count). The SMILES string of the molecule is CC[C@]1(c2ccc(F)cc2)NC(=O)N(CC(=O)N2CCC[C@H](C)C2)C1=O. The predicted octanol–water partition coefficient (Wildman–Crippen LogP) is 2.24. The van der Waals surface area contributed by atoms with Crippen molar-refractivity contribution in [3.8, 4) is 0 Å². The molecule has 2 aliphatic rings. The summed E-state index contributed by atoms with van der Waals surface area (Å²) in [6.45, 7) is 4.91. The molecule has 4 amide bonds. The lowest BCUT2D eigenvalue weighted by molar-refractivity contribution is -0.140. The molecule has 0 aromatic heterocycles. The molecule has 6 nitrogen and oxygen atoms in total. The largest absolute Gasteiger partial charge is 0.341 e. The molecule has 1 aromatic carbocycles. The summed E-state index contributed by atoms with van der Waals surface area (Å²) in [6, 6.07) is 4.92. The Morgan fingerprint density at radius 3 is 2.62 bits per heavy atom. The van der Waals surface area contributed by atoms with E-state index in [9.17, 15) is 18.8 Å². The summed E-state index contributed by atoms with van der Waals surface area (Å²) in [7, 11) is 0. The lowest BCUT2D eigenvalue weighted by Gasteiger charge is -2.32. The average molecular weight is 361 g/mol. The normalized spacial score (nSPS) is 26.2. The van der Waals surface area contributed by atoms with Gasteiger partial charge in [-0.3, -0.25) is 14.5 Å². The summed E-state index contributed by atoms with van der Waals surface area (Å²) in [5, 5.41) is 2.71. The van der Waals surface area contributed by atoms with E-state index in [2.05, 4.69) is 12.2 Å². The summed E-state index contributed by atoms with van der Waals surface area (Å²) < 4.78 is 13.2. The van der Waals surface area contributed by atoms with Crippen molar-refractivity contribution in [1.82, 2.24) is 15.1 Å². The van der Waals surface area contributed by atoms with Crippen LogP contribution in [0.25, 0.3) is 0 Å². The second-order valence-corrected chi connectivity index (χ2v) is 7.17. The lowest BCUT2D eigenvalue weighted by Crippen LogP contribution is -2.47. The van der Waals surface area contributed by atoms with E-state index in [-0.39, 0.29) is 12.5 Å². The standard InChI is InChI=1S/C19H24FN3O3/c1-3-19(14-6-8-15(20)9-7-14)17(25)23(18(26)21-19)12-16(24)22-10-4-5-13(2)11-22/h6-9,13H,3-5,10-12H2,1-2H3,(H,21,26)/t13-,19+/m0/s1. The fourth-order valence-electron chi connectivity index (χ4n) is 3.79. The van der Waals surface area contributed by atoms with Crippen LogP contribution in [0, 0.1) is 11.7 Å². The molecule has 2 fully saturated rings. The number of likely N-dealkylation sites (tertiary alicyclic amines) is 1. The third kappa shape index (κ3) is 3.18. The number of hydrogen-bond acceptors (Lipinski definition) is 3. The van der Waals surface area contributed by atoms with Crippen molar-refractivity contribution in [1.29, 1.82) is 0 Å². The Morgan fingerprint density at radius 2 is 2.00 bits per heavy atom. The minimum absolute atomic E-state index is 0.217. The molecule has 2 atom stereocenters. The summed E-state index contributed by atoms with van der Waals surface area (Å²) in [5.74, 6) is -0.672. The number of benzene rings is 1. The van der Waals surface area contributed by atoms with Gasteiger partial charge in [-0.2, -0.15) is 0 Å². The van der Waals surface area contributed by atoms with Gasteiger partial charge in [-0.25, -0.2) is 9.18 Å². The molecule has 0 spiro atoms. The Hall–Kier alpha value is -2.44. The van der Waals surface area contributed by atoms with Crippen molar-refractivity contribution >= 4 is 17.8 Å². The maximum absolute atomic E-state index is 13.2. The number of hydrogen-bond donors (Lipinski definition) is 1. The van der Waals surface area contributed by atoms with Crippen LogP contribution in [0.2, 0.25) is 0 Å². The number of carbonyl (C=O) groups is 3. The Kier molecular flexibility index (Phi) is 4.98. The van der Waals surface area contributed by atoms with Gasteiger partial charge in [-0.05, 0) is 42.9 Å². The first-order valence-electron chi connectivity index (χ1n) is 9.05. The van der Waals surface area contributed by atoms with Crippen LogP contribution in [0.1, 0.15) is 38.7 Å². The molecular weight excluding hydrogens is 337 g/mol. The van der Waals surface area contributed by atoms with Crippen LogP contribution < -0.4 is 5.32 Å². The molecule has 7 heteroatoms. The monoisotopic (exact) mass is 361 g/mol. The summed E-state index contributed by atoms with van der Waals surface area (Å²) in [5.41, 5.74) is -0.735. The quantitative estimate of drug-likeness (QED) is 0.836. The molecule has 0 saturated carbocycles. The molecule has 2 heterocycles. The summed E-state index contributed by atoms with van der Waals surface area (Å²) in [6.07, 6.45) is 2.33. The number of piperidine rings is 1. The Labute approximate surface area is 152 Å². The first kappa shape index (κ1) is 18.4. The number of nitrogens with one attached hydrogen (secondary N) is 1. The molecule has 1 aromatic rings. The molecule has 1 N–H and O–H groups in total. The van der Waals surface area contributed by atoms with E-state index in [1.807, 2.05) is 0 Å². The Balaban J connectivity index is 1.79. The molecule has 140 valence electrons. The van der Waals surface area contributed by atoms with E-state index in [0.717, 1.165) is 17.7 Å². The van der Waals surface area contributed by atoms with Crippen LogP contribution in [0.5, 0.6) is 0 Å². The van der Waals surface area contributed by atoms with Crippen LogP contribution >= 0.6 is 0 Å². The predicted molar refractivity (Wildman–Crippen MR) is 93.6 cm³/mol. The topological polar surface area (TPSA) is 69.7 Å². The van der Waals surface area contributed by atoms with Crippen molar-refractivity contribution in [3.05, 3.63) is 35.6 Å². The molecular formula is C19H24FN3O3. The third-order valence-electron chi connectivity index (χ3n) is 5.35. The van der Waals surface area contributed by atoms with Crippen LogP contribution in [0.4, 0.5) is 9.18 Å². The number of halogens is 1. The number of urea groups is 1. The van der Waals surface area contributed by atoms with Gasteiger partial charge in [-0.1, -0.05) is 26.0 Å². The van der Waals surface area contributed by atoms with Gasteiger partial charge in [0.05, 0.1) is 0 Å². The smallest absolute Gasteiger partial charge is 0.325 e. The van der Waals surface area contributed by atoms with Crippen molar-refractivity contribution in [2.45, 2.75) is 38.6 Å². The van der Waals surface area contributed by atoms with Crippen LogP contribution in [0.15, 0.2) is 24.3 Å². The van der Waals surface area contributed by atoms with Crippen LogP contribution in [0.3, 0.4) is 0 Å². The van der Waals surface area contributed by atoms with Gasteiger partial charge >= 0.3 is 6.03 Å². The molecule has 2 saturated heterocycles. The Bertz CT molecular complexity index is 721. The number of nitrogens with zero attached hydrogens (tertiary/aromatic N) is 2. The fourth-order valence-corrected chi connectivity index (χ4v) is 3.79. The molecule has 2 aliphatic heterocycles. The molecule has 0 aliphatic carbocycles. The van der Waals surface area contributed by atoms with E-state index >= 15 is 0 Å². The highest BCUT2D eigenvalue weighted by molar-refractivity contribution is 6.09. The number of imide groups is 1. The van der Waals surface area contributed by atoms with Crippen molar-refractivity contribution in [2.24, 2.45) is 5.92 Å². The van der Waals surface area contributed by atoms with Gasteiger partial charge in [-0.15, -0.1) is 0 Å². The number of carbonyl (C=O) groups excluding carboxylic acids is 3. The maximum Gasteiger partial charge on any atom is 0.325 e. The highest BCUT2D eigenvalue weighted by Gasteiger charge is 2.51. The van der Waals surface area contributed by atoms with E-state index in [4.69, 9.17) is 0 Å². The first-order chi connectivity index (χ1) is 12.4.